The molecule has 0 aliphatic carbocycles. The highest BCUT2D eigenvalue weighted by Gasteiger charge is 2.25. The zero-order chi connectivity index (χ0) is 17.7. The molecule has 0 spiro atoms. The van der Waals surface area contributed by atoms with Crippen LogP contribution >= 0.6 is 11.6 Å². The van der Waals surface area contributed by atoms with Crippen LogP contribution in [0, 0.1) is 24.2 Å². The van der Waals surface area contributed by atoms with Crippen LogP contribution in [0.1, 0.15) is 43.9 Å². The predicted octanol–water partition coefficient (Wildman–Crippen LogP) is 4.78. The number of fused-ring (bicyclic) bond motifs is 1. The largest absolute Gasteiger partial charge is 0.465 e. The molecule has 0 amide bonds. The number of carbonyl (C=O) groups excluding carboxylic acids is 1. The Morgan fingerprint density at radius 1 is 1.42 bits per heavy atom. The highest BCUT2D eigenvalue weighted by Crippen LogP contribution is 2.30. The van der Waals surface area contributed by atoms with Crippen molar-refractivity contribution in [3.8, 4) is 6.07 Å². The van der Waals surface area contributed by atoms with E-state index in [9.17, 15) is 4.79 Å². The number of hydrogen-bond acceptors (Lipinski definition) is 4. The SMILES string of the molecule is Cc1nc2c(Cl)cccc2cc1C(CCC#N)C(=O)OCC(C)C. The Morgan fingerprint density at radius 3 is 2.83 bits per heavy atom. The Balaban J connectivity index is 2.41. The van der Waals surface area contributed by atoms with E-state index in [1.807, 2.05) is 39.0 Å². The summed E-state index contributed by atoms with van der Waals surface area (Å²) < 4.78 is 5.41. The molecule has 126 valence electrons. The summed E-state index contributed by atoms with van der Waals surface area (Å²) in [4.78, 5) is 17.1. The van der Waals surface area contributed by atoms with Crippen LogP contribution in [0.5, 0.6) is 0 Å². The molecule has 1 aromatic carbocycles. The lowest BCUT2D eigenvalue weighted by Gasteiger charge is -2.18. The van der Waals surface area contributed by atoms with Crippen LogP contribution in [0.15, 0.2) is 24.3 Å². The van der Waals surface area contributed by atoms with Crippen LogP contribution in [0.25, 0.3) is 10.9 Å². The van der Waals surface area contributed by atoms with Gasteiger partial charge in [-0.05, 0) is 37.0 Å². The lowest BCUT2D eigenvalue weighted by atomic mass is 9.92. The van der Waals surface area contributed by atoms with Crippen LogP contribution in [-0.4, -0.2) is 17.6 Å². The second-order valence-corrected chi connectivity index (χ2v) is 6.66. The van der Waals surface area contributed by atoms with Crippen molar-refractivity contribution >= 4 is 28.5 Å². The molecule has 1 atom stereocenters. The molecule has 1 unspecified atom stereocenters. The number of hydrogen-bond donors (Lipinski definition) is 0. The van der Waals surface area contributed by atoms with Crippen molar-refractivity contribution < 1.29 is 9.53 Å². The standard InChI is InChI=1S/C19H21ClN2O2/c1-12(2)11-24-19(23)15(7-5-9-21)16-10-14-6-4-8-17(20)18(14)22-13(16)3/h4,6,8,10,12,15H,5,7,11H2,1-3H3. The van der Waals surface area contributed by atoms with Gasteiger partial charge < -0.3 is 4.74 Å². The average molecular weight is 345 g/mol. The van der Waals surface area contributed by atoms with E-state index in [-0.39, 0.29) is 18.3 Å². The molecule has 24 heavy (non-hydrogen) atoms. The third-order valence-corrected chi connectivity index (χ3v) is 4.09. The maximum atomic E-state index is 12.5. The Morgan fingerprint density at radius 2 is 2.17 bits per heavy atom. The first-order valence-electron chi connectivity index (χ1n) is 8.03. The average Bonchev–Trinajstić information content (AvgIpc) is 2.54. The van der Waals surface area contributed by atoms with Gasteiger partial charge in [-0.3, -0.25) is 9.78 Å². The van der Waals surface area contributed by atoms with E-state index in [1.165, 1.54) is 0 Å². The van der Waals surface area contributed by atoms with Gasteiger partial charge in [0.25, 0.3) is 0 Å². The minimum atomic E-state index is -0.487. The number of carbonyl (C=O) groups is 1. The number of para-hydroxylation sites is 1. The second-order valence-electron chi connectivity index (χ2n) is 6.25. The van der Waals surface area contributed by atoms with Crippen LogP contribution in [0.2, 0.25) is 5.02 Å². The smallest absolute Gasteiger partial charge is 0.313 e. The third-order valence-electron chi connectivity index (χ3n) is 3.79. The summed E-state index contributed by atoms with van der Waals surface area (Å²) in [7, 11) is 0. The number of benzene rings is 1. The molecular weight excluding hydrogens is 324 g/mol. The number of aromatic nitrogens is 1. The number of esters is 1. The number of nitrogens with zero attached hydrogens (tertiary/aromatic N) is 2. The Kier molecular flexibility index (Phi) is 6.16. The molecule has 2 aromatic rings. The van der Waals surface area contributed by atoms with Crippen molar-refractivity contribution in [3.05, 3.63) is 40.5 Å². The van der Waals surface area contributed by atoms with Crippen LogP contribution in [-0.2, 0) is 9.53 Å². The Labute approximate surface area is 147 Å². The maximum absolute atomic E-state index is 12.5. The summed E-state index contributed by atoms with van der Waals surface area (Å²) in [5.74, 6) is -0.523. The normalized spacial score (nSPS) is 12.2. The molecule has 1 aromatic heterocycles. The minimum absolute atomic E-state index is 0.264. The molecule has 0 bridgehead atoms. The van der Waals surface area contributed by atoms with E-state index in [4.69, 9.17) is 21.6 Å². The van der Waals surface area contributed by atoms with Gasteiger partial charge in [0.2, 0.25) is 0 Å². The summed E-state index contributed by atoms with van der Waals surface area (Å²) in [5.41, 5.74) is 2.25. The molecule has 0 radical (unpaired) electrons. The molecule has 1 heterocycles. The van der Waals surface area contributed by atoms with Crippen molar-refractivity contribution in [2.45, 2.75) is 39.5 Å². The molecule has 5 heteroatoms. The van der Waals surface area contributed by atoms with Gasteiger partial charge in [0, 0.05) is 17.5 Å². The topological polar surface area (TPSA) is 63.0 Å². The van der Waals surface area contributed by atoms with E-state index < -0.39 is 5.92 Å². The molecule has 0 N–H and O–H groups in total. The summed E-state index contributed by atoms with van der Waals surface area (Å²) in [5, 5.41) is 10.4. The fraction of sp³-hybridized carbons (Fsp3) is 0.421. The van der Waals surface area contributed by atoms with Crippen molar-refractivity contribution in [1.29, 1.82) is 5.26 Å². The minimum Gasteiger partial charge on any atom is -0.465 e. The zero-order valence-corrected chi connectivity index (χ0v) is 14.9. The molecule has 0 saturated carbocycles. The van der Waals surface area contributed by atoms with E-state index >= 15 is 0 Å². The maximum Gasteiger partial charge on any atom is 0.313 e. The molecule has 2 rings (SSSR count). The van der Waals surface area contributed by atoms with Crippen LogP contribution < -0.4 is 0 Å². The first-order valence-corrected chi connectivity index (χ1v) is 8.41. The van der Waals surface area contributed by atoms with E-state index in [0.717, 1.165) is 22.2 Å². The zero-order valence-electron chi connectivity index (χ0n) is 14.2. The number of ether oxygens (including phenoxy) is 1. The number of halogens is 1. The Bertz CT molecular complexity index is 781. The van der Waals surface area contributed by atoms with E-state index in [1.54, 1.807) is 6.07 Å². The lowest BCUT2D eigenvalue weighted by molar-refractivity contribution is -0.146. The van der Waals surface area contributed by atoms with Gasteiger partial charge in [0.15, 0.2) is 0 Å². The van der Waals surface area contributed by atoms with Crippen molar-refractivity contribution in [1.82, 2.24) is 4.98 Å². The number of pyridine rings is 1. The Hall–Kier alpha value is -2.12. The highest BCUT2D eigenvalue weighted by molar-refractivity contribution is 6.35. The molecule has 0 aliphatic heterocycles. The van der Waals surface area contributed by atoms with Gasteiger partial charge in [-0.25, -0.2) is 0 Å². The number of aryl methyl sites for hydroxylation is 1. The summed E-state index contributed by atoms with van der Waals surface area (Å²) in [6.07, 6.45) is 0.705. The molecular formula is C19H21ClN2O2. The molecule has 0 aliphatic rings. The van der Waals surface area contributed by atoms with Gasteiger partial charge in [-0.15, -0.1) is 0 Å². The number of rotatable bonds is 6. The van der Waals surface area contributed by atoms with Crippen molar-refractivity contribution in [2.24, 2.45) is 5.92 Å². The summed E-state index contributed by atoms with van der Waals surface area (Å²) in [6, 6.07) is 9.60. The van der Waals surface area contributed by atoms with Gasteiger partial charge in [-0.2, -0.15) is 5.26 Å². The fourth-order valence-electron chi connectivity index (χ4n) is 2.58. The quantitative estimate of drug-likeness (QED) is 0.707. The van der Waals surface area contributed by atoms with Crippen LogP contribution in [0.3, 0.4) is 0 Å². The summed E-state index contributed by atoms with van der Waals surface area (Å²) in [6.45, 7) is 6.20. The van der Waals surface area contributed by atoms with Gasteiger partial charge in [0.05, 0.1) is 29.1 Å². The highest BCUT2D eigenvalue weighted by atomic mass is 35.5. The molecule has 0 fully saturated rings. The van der Waals surface area contributed by atoms with Gasteiger partial charge >= 0.3 is 5.97 Å². The fourth-order valence-corrected chi connectivity index (χ4v) is 2.81. The lowest BCUT2D eigenvalue weighted by Crippen LogP contribution is -2.19. The van der Waals surface area contributed by atoms with Crippen molar-refractivity contribution in [2.75, 3.05) is 6.61 Å². The first kappa shape index (κ1) is 18.2. The third kappa shape index (κ3) is 4.24. The second kappa shape index (κ2) is 8.12. The monoisotopic (exact) mass is 344 g/mol. The predicted molar refractivity (Wildman–Crippen MR) is 94.9 cm³/mol. The molecule has 0 saturated heterocycles. The van der Waals surface area contributed by atoms with E-state index in [0.29, 0.717) is 18.1 Å². The number of nitriles is 1. The van der Waals surface area contributed by atoms with E-state index in [2.05, 4.69) is 11.1 Å². The summed E-state index contributed by atoms with van der Waals surface area (Å²) >= 11 is 6.19. The first-order chi connectivity index (χ1) is 11.4. The van der Waals surface area contributed by atoms with Crippen molar-refractivity contribution in [3.63, 3.8) is 0 Å². The van der Waals surface area contributed by atoms with Gasteiger partial charge in [-0.1, -0.05) is 37.6 Å². The van der Waals surface area contributed by atoms with Crippen LogP contribution in [0.4, 0.5) is 0 Å². The molecule has 4 nitrogen and oxygen atoms in total. The van der Waals surface area contributed by atoms with Gasteiger partial charge in [0.1, 0.15) is 0 Å².